The molecule has 3 nitrogen and oxygen atoms in total. The monoisotopic (exact) mass is 286 g/mol. The van der Waals surface area contributed by atoms with E-state index in [1.54, 1.807) is 0 Å². The van der Waals surface area contributed by atoms with Gasteiger partial charge in [0.25, 0.3) is 0 Å². The van der Waals surface area contributed by atoms with Crippen LogP contribution in [0.4, 0.5) is 0 Å². The summed E-state index contributed by atoms with van der Waals surface area (Å²) >= 11 is 0. The van der Waals surface area contributed by atoms with Crippen molar-refractivity contribution in [2.45, 2.75) is 44.9 Å². The van der Waals surface area contributed by atoms with Crippen molar-refractivity contribution in [1.82, 2.24) is 4.90 Å². The highest BCUT2D eigenvalue weighted by molar-refractivity contribution is 5.51. The minimum absolute atomic E-state index is 0.389. The third-order valence-corrected chi connectivity index (χ3v) is 4.61. The lowest BCUT2D eigenvalue weighted by molar-refractivity contribution is 0.310. The quantitative estimate of drug-likeness (QED) is 0.849. The summed E-state index contributed by atoms with van der Waals surface area (Å²) in [5.41, 5.74) is 3.13. The maximum absolute atomic E-state index is 9.92. The smallest absolute Gasteiger partial charge is 0.127 e. The zero-order valence-corrected chi connectivity index (χ0v) is 13.7. The average molecular weight is 286 g/mol. The van der Waals surface area contributed by atoms with E-state index in [0.717, 1.165) is 43.5 Å². The van der Waals surface area contributed by atoms with Crippen molar-refractivity contribution in [3.05, 3.63) is 28.8 Å². The third-order valence-electron chi connectivity index (χ3n) is 4.61. The van der Waals surface area contributed by atoms with E-state index in [0.29, 0.717) is 6.61 Å². The van der Waals surface area contributed by atoms with Crippen LogP contribution in [0, 0.1) is 25.2 Å². The van der Waals surface area contributed by atoms with Crippen molar-refractivity contribution in [3.63, 3.8) is 0 Å². The zero-order valence-electron chi connectivity index (χ0n) is 13.7. The van der Waals surface area contributed by atoms with Gasteiger partial charge in [-0.3, -0.25) is 0 Å². The number of fused-ring (bicyclic) bond motifs is 1. The summed E-state index contributed by atoms with van der Waals surface area (Å²) in [7, 11) is 4.16. The summed E-state index contributed by atoms with van der Waals surface area (Å²) in [5, 5.41) is 9.92. The van der Waals surface area contributed by atoms with Crippen LogP contribution >= 0.6 is 0 Å². The van der Waals surface area contributed by atoms with Gasteiger partial charge in [0.1, 0.15) is 5.75 Å². The Hall–Kier alpha value is -1.53. The minimum Gasteiger partial charge on any atom is -0.493 e. The highest BCUT2D eigenvalue weighted by Gasteiger charge is 2.36. The van der Waals surface area contributed by atoms with E-state index in [1.807, 2.05) is 0 Å². The molecule has 114 valence electrons. The second-order valence-electron chi connectivity index (χ2n) is 6.44. The topological polar surface area (TPSA) is 36.3 Å². The molecule has 1 aromatic rings. The molecule has 1 aliphatic heterocycles. The maximum Gasteiger partial charge on any atom is 0.127 e. The lowest BCUT2D eigenvalue weighted by atomic mass is 9.73. The van der Waals surface area contributed by atoms with E-state index in [2.05, 4.69) is 51.0 Å². The molecule has 0 fully saturated rings. The van der Waals surface area contributed by atoms with Crippen LogP contribution in [-0.2, 0) is 5.41 Å². The highest BCUT2D eigenvalue weighted by Crippen LogP contribution is 2.43. The molecule has 0 aliphatic carbocycles. The van der Waals surface area contributed by atoms with Gasteiger partial charge in [0.15, 0.2) is 0 Å². The Labute approximate surface area is 128 Å². The van der Waals surface area contributed by atoms with Crippen LogP contribution in [0.1, 0.15) is 42.4 Å². The number of aryl methyl sites for hydroxylation is 1. The molecule has 1 aliphatic rings. The number of ether oxygens (including phenoxy) is 1. The fraction of sp³-hybridized carbons (Fsp3) is 0.611. The van der Waals surface area contributed by atoms with Crippen LogP contribution in [0.15, 0.2) is 12.1 Å². The van der Waals surface area contributed by atoms with Crippen LogP contribution in [0.3, 0.4) is 0 Å². The lowest BCUT2D eigenvalue weighted by Gasteiger charge is -2.28. The summed E-state index contributed by atoms with van der Waals surface area (Å²) in [5.74, 6) is 0.957. The molecule has 3 heteroatoms. The molecule has 1 heterocycles. The summed E-state index contributed by atoms with van der Waals surface area (Å²) in [6.07, 6.45) is 3.78. The second-order valence-corrected chi connectivity index (χ2v) is 6.44. The van der Waals surface area contributed by atoms with Crippen molar-refractivity contribution in [3.8, 4) is 11.8 Å². The van der Waals surface area contributed by atoms with Crippen LogP contribution in [0.25, 0.3) is 0 Å². The van der Waals surface area contributed by atoms with Crippen LogP contribution in [0.5, 0.6) is 5.75 Å². The van der Waals surface area contributed by atoms with Gasteiger partial charge in [-0.2, -0.15) is 5.26 Å². The lowest BCUT2D eigenvalue weighted by Crippen LogP contribution is -2.26. The maximum atomic E-state index is 9.92. The molecule has 0 aromatic heterocycles. The second kappa shape index (κ2) is 6.49. The SMILES string of the molecule is Cc1ccc2c(c1C)OCCCC2(C#N)CCCN(C)C. The van der Waals surface area contributed by atoms with Gasteiger partial charge in [-0.1, -0.05) is 12.1 Å². The highest BCUT2D eigenvalue weighted by atomic mass is 16.5. The number of nitrogens with zero attached hydrogens (tertiary/aromatic N) is 2. The van der Waals surface area contributed by atoms with E-state index >= 15 is 0 Å². The molecule has 0 bridgehead atoms. The molecule has 0 amide bonds. The minimum atomic E-state index is -0.389. The first-order valence-electron chi connectivity index (χ1n) is 7.79. The van der Waals surface area contributed by atoms with Gasteiger partial charge < -0.3 is 9.64 Å². The van der Waals surface area contributed by atoms with Crippen molar-refractivity contribution in [1.29, 1.82) is 5.26 Å². The van der Waals surface area contributed by atoms with E-state index in [1.165, 1.54) is 11.1 Å². The van der Waals surface area contributed by atoms with E-state index < -0.39 is 0 Å². The van der Waals surface area contributed by atoms with E-state index in [9.17, 15) is 5.26 Å². The van der Waals surface area contributed by atoms with E-state index in [-0.39, 0.29) is 5.41 Å². The van der Waals surface area contributed by atoms with Gasteiger partial charge in [0.2, 0.25) is 0 Å². The zero-order chi connectivity index (χ0) is 15.5. The Morgan fingerprint density at radius 1 is 1.33 bits per heavy atom. The molecule has 1 unspecified atom stereocenters. The predicted molar refractivity (Wildman–Crippen MR) is 85.7 cm³/mol. The first-order chi connectivity index (χ1) is 10.00. The summed E-state index contributed by atoms with van der Waals surface area (Å²) < 4.78 is 5.98. The standard InChI is InChI=1S/C18H26N2O/c1-14-7-8-16-17(15(14)2)21-12-6-10-18(16,13-19)9-5-11-20(3)4/h7-8H,5-6,9-12H2,1-4H3. The molecule has 2 rings (SSSR count). The van der Waals surface area contributed by atoms with Crippen molar-refractivity contribution in [2.75, 3.05) is 27.2 Å². The summed E-state index contributed by atoms with van der Waals surface area (Å²) in [4.78, 5) is 2.18. The largest absolute Gasteiger partial charge is 0.493 e. The van der Waals surface area contributed by atoms with E-state index in [4.69, 9.17) is 4.74 Å². The molecular weight excluding hydrogens is 260 g/mol. The number of hydrogen-bond donors (Lipinski definition) is 0. The Bertz CT molecular complexity index is 545. The Morgan fingerprint density at radius 2 is 2.10 bits per heavy atom. The molecule has 0 radical (unpaired) electrons. The molecule has 1 atom stereocenters. The fourth-order valence-corrected chi connectivity index (χ4v) is 3.16. The average Bonchev–Trinajstić information content (AvgIpc) is 2.63. The first-order valence-corrected chi connectivity index (χ1v) is 7.79. The van der Waals surface area contributed by atoms with Crippen molar-refractivity contribution in [2.24, 2.45) is 0 Å². The van der Waals surface area contributed by atoms with Crippen molar-refractivity contribution < 1.29 is 4.74 Å². The van der Waals surface area contributed by atoms with Gasteiger partial charge >= 0.3 is 0 Å². The Morgan fingerprint density at radius 3 is 2.76 bits per heavy atom. The number of rotatable bonds is 4. The van der Waals surface area contributed by atoms with Gasteiger partial charge in [0.05, 0.1) is 18.1 Å². The predicted octanol–water partition coefficient (Wildman–Crippen LogP) is 3.58. The fourth-order valence-electron chi connectivity index (χ4n) is 3.16. The molecular formula is C18H26N2O. The molecule has 0 N–H and O–H groups in total. The number of benzene rings is 1. The van der Waals surface area contributed by atoms with Crippen LogP contribution in [-0.4, -0.2) is 32.1 Å². The van der Waals surface area contributed by atoms with Crippen molar-refractivity contribution >= 4 is 0 Å². The number of hydrogen-bond acceptors (Lipinski definition) is 3. The summed E-state index contributed by atoms with van der Waals surface area (Å²) in [6.45, 7) is 5.93. The van der Waals surface area contributed by atoms with Gasteiger partial charge in [0, 0.05) is 5.56 Å². The molecule has 0 saturated heterocycles. The van der Waals surface area contributed by atoms with Crippen LogP contribution < -0.4 is 4.74 Å². The normalized spacial score (nSPS) is 21.3. The summed E-state index contributed by atoms with van der Waals surface area (Å²) in [6, 6.07) is 6.87. The molecule has 0 saturated carbocycles. The molecule has 21 heavy (non-hydrogen) atoms. The van der Waals surface area contributed by atoms with Gasteiger partial charge in [-0.15, -0.1) is 0 Å². The Kier molecular flexibility index (Phi) is 4.90. The molecule has 1 aromatic carbocycles. The third kappa shape index (κ3) is 3.22. The Balaban J connectivity index is 2.39. The van der Waals surface area contributed by atoms with Gasteiger partial charge in [-0.05, 0) is 71.3 Å². The van der Waals surface area contributed by atoms with Gasteiger partial charge in [-0.25, -0.2) is 0 Å². The molecule has 0 spiro atoms. The first kappa shape index (κ1) is 15.9. The van der Waals surface area contributed by atoms with Crippen LogP contribution in [0.2, 0.25) is 0 Å². The number of nitriles is 1.